The van der Waals surface area contributed by atoms with Gasteiger partial charge in [0.1, 0.15) is 11.5 Å². The van der Waals surface area contributed by atoms with Gasteiger partial charge in [-0.05, 0) is 37.1 Å². The molecule has 2 aromatic rings. The molecule has 1 atom stereocenters. The van der Waals surface area contributed by atoms with Crippen molar-refractivity contribution < 1.29 is 14.3 Å². The number of rotatable bonds is 7. The van der Waals surface area contributed by atoms with Crippen LogP contribution in [0.3, 0.4) is 0 Å². The van der Waals surface area contributed by atoms with Crippen LogP contribution in [0.1, 0.15) is 30.9 Å². The zero-order valence-corrected chi connectivity index (χ0v) is 15.9. The van der Waals surface area contributed by atoms with E-state index in [-0.39, 0.29) is 5.91 Å². The fraction of sp³-hybridized carbons (Fsp3) is 0.350. The summed E-state index contributed by atoms with van der Waals surface area (Å²) in [5.74, 6) is 1.50. The number of para-hydroxylation sites is 2. The molecule has 1 aliphatic heterocycles. The third-order valence-corrected chi connectivity index (χ3v) is 4.89. The second-order valence-corrected chi connectivity index (χ2v) is 6.77. The van der Waals surface area contributed by atoms with E-state index in [1.807, 2.05) is 53.4 Å². The number of benzene rings is 2. The normalized spacial score (nSPS) is 16.3. The van der Waals surface area contributed by atoms with Gasteiger partial charge in [0, 0.05) is 17.4 Å². The Morgan fingerprint density at radius 3 is 2.56 bits per heavy atom. The summed E-state index contributed by atoms with van der Waals surface area (Å²) in [6.07, 6.45) is 2.56. The fourth-order valence-corrected chi connectivity index (χ4v) is 3.38. The molecule has 0 bridgehead atoms. The highest BCUT2D eigenvalue weighted by atomic mass is 79.9. The monoisotopic (exact) mass is 403 g/mol. The second-order valence-electron chi connectivity index (χ2n) is 5.98. The first-order valence-electron chi connectivity index (χ1n) is 8.51. The van der Waals surface area contributed by atoms with Crippen molar-refractivity contribution in [3.05, 3.63) is 54.1 Å². The summed E-state index contributed by atoms with van der Waals surface area (Å²) < 4.78 is 11.2. The van der Waals surface area contributed by atoms with Crippen molar-refractivity contribution in [1.82, 2.24) is 0 Å². The maximum atomic E-state index is 13.1. The Balaban J connectivity index is 1.85. The number of hydrogen-bond acceptors (Lipinski definition) is 3. The van der Waals surface area contributed by atoms with Crippen molar-refractivity contribution in [2.24, 2.45) is 0 Å². The predicted octanol–water partition coefficient (Wildman–Crippen LogP) is 4.73. The zero-order valence-electron chi connectivity index (χ0n) is 14.3. The van der Waals surface area contributed by atoms with E-state index in [2.05, 4.69) is 15.9 Å². The lowest BCUT2D eigenvalue weighted by Gasteiger charge is -2.34. The van der Waals surface area contributed by atoms with E-state index in [1.165, 1.54) is 0 Å². The number of unbranched alkanes of at least 4 members (excludes halogenated alkanes) is 2. The number of fused-ring (bicyclic) bond motifs is 1. The highest BCUT2D eigenvalue weighted by Crippen LogP contribution is 2.39. The van der Waals surface area contributed by atoms with Crippen LogP contribution in [0.15, 0.2) is 48.5 Å². The van der Waals surface area contributed by atoms with E-state index in [0.717, 1.165) is 47.3 Å². The molecule has 0 saturated heterocycles. The van der Waals surface area contributed by atoms with Crippen molar-refractivity contribution >= 4 is 27.5 Å². The van der Waals surface area contributed by atoms with E-state index in [9.17, 15) is 4.79 Å². The number of carbonyl (C=O) groups excluding carboxylic acids is 1. The molecule has 0 spiro atoms. The minimum absolute atomic E-state index is 0.0114. The molecule has 0 fully saturated rings. The van der Waals surface area contributed by atoms with Gasteiger partial charge in [0.15, 0.2) is 0 Å². The van der Waals surface area contributed by atoms with E-state index in [4.69, 9.17) is 9.47 Å². The number of hydrogen-bond donors (Lipinski definition) is 0. The van der Waals surface area contributed by atoms with Gasteiger partial charge in [-0.3, -0.25) is 4.79 Å². The Morgan fingerprint density at radius 1 is 1.08 bits per heavy atom. The van der Waals surface area contributed by atoms with Gasteiger partial charge in [-0.25, -0.2) is 0 Å². The van der Waals surface area contributed by atoms with Crippen LogP contribution in [0.5, 0.6) is 11.5 Å². The number of carbonyl (C=O) groups is 1. The molecule has 132 valence electrons. The lowest BCUT2D eigenvalue weighted by molar-refractivity contribution is -0.126. The van der Waals surface area contributed by atoms with Gasteiger partial charge in [-0.15, -0.1) is 0 Å². The van der Waals surface area contributed by atoms with Gasteiger partial charge in [-0.2, -0.15) is 0 Å². The first-order valence-corrected chi connectivity index (χ1v) is 9.63. The molecule has 1 aliphatic rings. The molecule has 25 heavy (non-hydrogen) atoms. The average Bonchev–Trinajstić information content (AvgIpc) is 2.66. The lowest BCUT2D eigenvalue weighted by Crippen LogP contribution is -2.41. The Bertz CT molecular complexity index is 717. The van der Waals surface area contributed by atoms with Crippen LogP contribution in [0.4, 0.5) is 5.69 Å². The maximum Gasteiger partial charge on any atom is 0.272 e. The number of anilines is 1. The molecule has 3 rings (SSSR count). The van der Waals surface area contributed by atoms with E-state index in [0.29, 0.717) is 6.54 Å². The van der Waals surface area contributed by atoms with Crippen LogP contribution in [0.25, 0.3) is 0 Å². The molecule has 0 aromatic heterocycles. The largest absolute Gasteiger partial charge is 0.497 e. The second kappa shape index (κ2) is 8.39. The molecule has 5 heteroatoms. The van der Waals surface area contributed by atoms with Crippen LogP contribution in [-0.4, -0.2) is 24.9 Å². The number of ether oxygens (including phenoxy) is 2. The highest BCUT2D eigenvalue weighted by Gasteiger charge is 2.35. The van der Waals surface area contributed by atoms with Gasteiger partial charge in [0.2, 0.25) is 6.10 Å². The maximum absolute atomic E-state index is 13.1. The van der Waals surface area contributed by atoms with Crippen molar-refractivity contribution in [3.63, 3.8) is 0 Å². The molecule has 1 amide bonds. The van der Waals surface area contributed by atoms with Gasteiger partial charge >= 0.3 is 0 Å². The van der Waals surface area contributed by atoms with Crippen molar-refractivity contribution in [1.29, 1.82) is 0 Å². The molecule has 1 unspecified atom stereocenters. The molecule has 0 N–H and O–H groups in total. The molecule has 4 nitrogen and oxygen atoms in total. The third-order valence-electron chi connectivity index (χ3n) is 4.33. The number of amides is 1. The van der Waals surface area contributed by atoms with Crippen LogP contribution < -0.4 is 14.4 Å². The Kier molecular flexibility index (Phi) is 5.97. The number of halogens is 1. The predicted molar refractivity (Wildman–Crippen MR) is 103 cm³/mol. The van der Waals surface area contributed by atoms with E-state index >= 15 is 0 Å². The number of methoxy groups -OCH3 is 1. The van der Waals surface area contributed by atoms with Gasteiger partial charge in [0.05, 0.1) is 12.8 Å². The highest BCUT2D eigenvalue weighted by molar-refractivity contribution is 9.09. The molecule has 0 aliphatic carbocycles. The molecule has 2 aromatic carbocycles. The molecular weight excluding hydrogens is 382 g/mol. The number of nitrogens with zero attached hydrogens (tertiary/aromatic N) is 1. The summed E-state index contributed by atoms with van der Waals surface area (Å²) in [5.41, 5.74) is 1.70. The Labute approximate surface area is 156 Å². The summed E-state index contributed by atoms with van der Waals surface area (Å²) in [4.78, 5) is 14.9. The van der Waals surface area contributed by atoms with Gasteiger partial charge in [0.25, 0.3) is 5.91 Å². The quantitative estimate of drug-likeness (QED) is 0.495. The lowest BCUT2D eigenvalue weighted by atomic mass is 10.0. The molecule has 1 heterocycles. The minimum Gasteiger partial charge on any atom is -0.497 e. The zero-order chi connectivity index (χ0) is 17.6. The summed E-state index contributed by atoms with van der Waals surface area (Å²) in [5, 5.41) is 0.995. The number of alkyl halides is 1. The van der Waals surface area contributed by atoms with Gasteiger partial charge in [-0.1, -0.05) is 46.6 Å². The van der Waals surface area contributed by atoms with Crippen molar-refractivity contribution in [2.75, 3.05) is 23.9 Å². The van der Waals surface area contributed by atoms with Crippen LogP contribution >= 0.6 is 15.9 Å². The molecule has 0 saturated carbocycles. The van der Waals surface area contributed by atoms with Crippen LogP contribution in [0.2, 0.25) is 0 Å². The summed E-state index contributed by atoms with van der Waals surface area (Å²) in [6.45, 7) is 0.707. The average molecular weight is 404 g/mol. The first kappa shape index (κ1) is 17.8. The van der Waals surface area contributed by atoms with Crippen LogP contribution in [0, 0.1) is 0 Å². The first-order chi connectivity index (χ1) is 12.2. The van der Waals surface area contributed by atoms with Gasteiger partial charge < -0.3 is 14.4 Å². The Hall–Kier alpha value is -2.01. The molecule has 0 radical (unpaired) electrons. The fourth-order valence-electron chi connectivity index (χ4n) is 2.98. The Morgan fingerprint density at radius 2 is 1.84 bits per heavy atom. The van der Waals surface area contributed by atoms with Crippen molar-refractivity contribution in [2.45, 2.75) is 25.4 Å². The van der Waals surface area contributed by atoms with Crippen molar-refractivity contribution in [3.8, 4) is 11.5 Å². The topological polar surface area (TPSA) is 38.8 Å². The summed E-state index contributed by atoms with van der Waals surface area (Å²) in [6, 6.07) is 15.2. The SMILES string of the molecule is COc1ccc(C2Oc3ccccc3N(CCCCCBr)C2=O)cc1. The van der Waals surface area contributed by atoms with E-state index < -0.39 is 6.10 Å². The minimum atomic E-state index is -0.614. The third kappa shape index (κ3) is 3.98. The standard InChI is InChI=1S/C20H22BrNO3/c1-24-16-11-9-15(10-12-16)19-20(23)22(14-6-2-5-13-21)17-7-3-4-8-18(17)25-19/h3-4,7-12,19H,2,5-6,13-14H2,1H3. The van der Waals surface area contributed by atoms with Crippen LogP contribution in [-0.2, 0) is 4.79 Å². The van der Waals surface area contributed by atoms with E-state index in [1.54, 1.807) is 7.11 Å². The summed E-state index contributed by atoms with van der Waals surface area (Å²) >= 11 is 3.45. The summed E-state index contributed by atoms with van der Waals surface area (Å²) in [7, 11) is 1.63. The molecular formula is C20H22BrNO3. The smallest absolute Gasteiger partial charge is 0.272 e.